The Kier molecular flexibility index (Phi) is 1.31. The number of hydrogen-bond donors (Lipinski definition) is 0. The molecule has 0 amide bonds. The molecule has 1 aliphatic rings. The summed E-state index contributed by atoms with van der Waals surface area (Å²) in [6, 6.07) is 0. The fraction of sp³-hybridized carbons (Fsp3) is 0.500. The van der Waals surface area contributed by atoms with Gasteiger partial charge in [0.2, 0.25) is 0 Å². The van der Waals surface area contributed by atoms with E-state index in [2.05, 4.69) is 4.98 Å². The standard InChI is InChI=1S/C8H10N2O/c1-10-5-9-7-3-2-6(11)4-8(7)10/h5H,2-4H2,1H3. The second-order valence-electron chi connectivity index (χ2n) is 2.96. The predicted molar refractivity (Wildman–Crippen MR) is 40.2 cm³/mol. The van der Waals surface area contributed by atoms with Gasteiger partial charge in [-0.2, -0.15) is 0 Å². The molecule has 11 heavy (non-hydrogen) atoms. The first-order valence-corrected chi connectivity index (χ1v) is 3.78. The van der Waals surface area contributed by atoms with Crippen molar-refractivity contribution in [2.75, 3.05) is 0 Å². The Morgan fingerprint density at radius 2 is 2.36 bits per heavy atom. The largest absolute Gasteiger partial charge is 0.337 e. The van der Waals surface area contributed by atoms with E-state index in [9.17, 15) is 4.79 Å². The molecule has 1 aliphatic carbocycles. The number of aromatic nitrogens is 2. The summed E-state index contributed by atoms with van der Waals surface area (Å²) in [6.07, 6.45) is 3.86. The summed E-state index contributed by atoms with van der Waals surface area (Å²) in [7, 11) is 1.93. The quantitative estimate of drug-likeness (QED) is 0.539. The third-order valence-electron chi connectivity index (χ3n) is 2.15. The molecule has 0 aliphatic heterocycles. The molecule has 0 radical (unpaired) electrons. The van der Waals surface area contributed by atoms with E-state index in [0.717, 1.165) is 17.8 Å². The van der Waals surface area contributed by atoms with Crippen molar-refractivity contribution in [2.24, 2.45) is 7.05 Å². The van der Waals surface area contributed by atoms with Crippen molar-refractivity contribution in [2.45, 2.75) is 19.3 Å². The molecule has 1 aromatic rings. The number of rotatable bonds is 0. The van der Waals surface area contributed by atoms with Gasteiger partial charge in [-0.1, -0.05) is 0 Å². The minimum Gasteiger partial charge on any atom is -0.337 e. The first-order valence-electron chi connectivity index (χ1n) is 3.78. The maximum absolute atomic E-state index is 11.0. The van der Waals surface area contributed by atoms with Crippen molar-refractivity contribution in [3.8, 4) is 0 Å². The lowest BCUT2D eigenvalue weighted by molar-refractivity contribution is -0.118. The van der Waals surface area contributed by atoms with E-state index in [4.69, 9.17) is 0 Å². The smallest absolute Gasteiger partial charge is 0.139 e. The molecule has 0 N–H and O–H groups in total. The van der Waals surface area contributed by atoms with E-state index >= 15 is 0 Å². The van der Waals surface area contributed by atoms with E-state index in [0.29, 0.717) is 18.6 Å². The van der Waals surface area contributed by atoms with Gasteiger partial charge < -0.3 is 4.57 Å². The summed E-state index contributed by atoms with van der Waals surface area (Å²) in [5, 5.41) is 0. The number of fused-ring (bicyclic) bond motifs is 1. The highest BCUT2D eigenvalue weighted by Crippen LogP contribution is 2.16. The van der Waals surface area contributed by atoms with Gasteiger partial charge in [-0.05, 0) is 6.42 Å². The van der Waals surface area contributed by atoms with Crippen LogP contribution in [0.15, 0.2) is 6.33 Å². The maximum Gasteiger partial charge on any atom is 0.139 e. The van der Waals surface area contributed by atoms with E-state index in [-0.39, 0.29) is 0 Å². The zero-order chi connectivity index (χ0) is 7.84. The molecular formula is C8H10N2O. The van der Waals surface area contributed by atoms with Gasteiger partial charge in [-0.25, -0.2) is 4.98 Å². The maximum atomic E-state index is 11.0. The molecule has 3 heteroatoms. The molecule has 0 saturated carbocycles. The number of Topliss-reactive ketones (excluding diaryl/α,β-unsaturated/α-hetero) is 1. The van der Waals surface area contributed by atoms with Crippen molar-refractivity contribution < 1.29 is 4.79 Å². The highest BCUT2D eigenvalue weighted by atomic mass is 16.1. The van der Waals surface area contributed by atoms with Crippen LogP contribution in [0, 0.1) is 0 Å². The van der Waals surface area contributed by atoms with Gasteiger partial charge in [0, 0.05) is 25.6 Å². The first kappa shape index (κ1) is 6.58. The Bertz CT molecular complexity index is 301. The molecule has 58 valence electrons. The van der Waals surface area contributed by atoms with Crippen LogP contribution in [0.3, 0.4) is 0 Å². The SMILES string of the molecule is Cn1cnc2c1CC(=O)CC2. The van der Waals surface area contributed by atoms with Crippen LogP contribution >= 0.6 is 0 Å². The molecule has 1 aromatic heterocycles. The number of carbonyl (C=O) groups excluding carboxylic acids is 1. The molecular weight excluding hydrogens is 140 g/mol. The van der Waals surface area contributed by atoms with E-state index in [1.165, 1.54) is 0 Å². The molecule has 2 rings (SSSR count). The van der Waals surface area contributed by atoms with Gasteiger partial charge in [0.05, 0.1) is 12.0 Å². The Morgan fingerprint density at radius 3 is 3.18 bits per heavy atom. The van der Waals surface area contributed by atoms with Gasteiger partial charge in [-0.3, -0.25) is 4.79 Å². The van der Waals surface area contributed by atoms with E-state index in [1.807, 2.05) is 11.6 Å². The second-order valence-corrected chi connectivity index (χ2v) is 2.96. The summed E-state index contributed by atoms with van der Waals surface area (Å²) < 4.78 is 1.94. The topological polar surface area (TPSA) is 34.9 Å². The van der Waals surface area contributed by atoms with Crippen molar-refractivity contribution in [3.63, 3.8) is 0 Å². The zero-order valence-corrected chi connectivity index (χ0v) is 6.50. The lowest BCUT2D eigenvalue weighted by Crippen LogP contribution is -2.15. The lowest BCUT2D eigenvalue weighted by Gasteiger charge is -2.09. The highest BCUT2D eigenvalue weighted by molar-refractivity contribution is 5.82. The summed E-state index contributed by atoms with van der Waals surface area (Å²) >= 11 is 0. The van der Waals surface area contributed by atoms with Crippen LogP contribution in [0.25, 0.3) is 0 Å². The monoisotopic (exact) mass is 150 g/mol. The number of ketones is 1. The normalized spacial score (nSPS) is 16.6. The van der Waals surface area contributed by atoms with Crippen molar-refractivity contribution in [1.82, 2.24) is 9.55 Å². The average Bonchev–Trinajstić information content (AvgIpc) is 2.33. The second kappa shape index (κ2) is 2.19. The Labute approximate surface area is 65.1 Å². The summed E-state index contributed by atoms with van der Waals surface area (Å²) in [6.45, 7) is 0. The van der Waals surface area contributed by atoms with Gasteiger partial charge in [0.1, 0.15) is 5.78 Å². The predicted octanol–water partition coefficient (Wildman–Crippen LogP) is 0.478. The lowest BCUT2D eigenvalue weighted by atomic mass is 10.00. The number of carbonyl (C=O) groups is 1. The Morgan fingerprint density at radius 1 is 1.55 bits per heavy atom. The number of nitrogens with zero attached hydrogens (tertiary/aromatic N) is 2. The summed E-state index contributed by atoms with van der Waals surface area (Å²) in [5.74, 6) is 0.334. The Balaban J connectivity index is 2.45. The molecule has 0 saturated heterocycles. The van der Waals surface area contributed by atoms with Crippen LogP contribution in [0.5, 0.6) is 0 Å². The van der Waals surface area contributed by atoms with Crippen LogP contribution in [-0.2, 0) is 24.7 Å². The van der Waals surface area contributed by atoms with Crippen LogP contribution in [-0.4, -0.2) is 15.3 Å². The molecule has 0 fully saturated rings. The van der Waals surface area contributed by atoms with Gasteiger partial charge in [0.15, 0.2) is 0 Å². The molecule has 0 bridgehead atoms. The fourth-order valence-electron chi connectivity index (χ4n) is 1.47. The minimum atomic E-state index is 0.334. The zero-order valence-electron chi connectivity index (χ0n) is 6.50. The molecule has 0 spiro atoms. The highest BCUT2D eigenvalue weighted by Gasteiger charge is 2.18. The first-order chi connectivity index (χ1) is 5.27. The number of imidazole rings is 1. The van der Waals surface area contributed by atoms with Crippen molar-refractivity contribution in [3.05, 3.63) is 17.7 Å². The molecule has 0 atom stereocenters. The average molecular weight is 150 g/mol. The molecule has 0 unspecified atom stereocenters. The fourth-order valence-corrected chi connectivity index (χ4v) is 1.47. The molecule has 1 heterocycles. The van der Waals surface area contributed by atoms with Crippen molar-refractivity contribution in [1.29, 1.82) is 0 Å². The molecule has 0 aromatic carbocycles. The number of hydrogen-bond acceptors (Lipinski definition) is 2. The van der Waals surface area contributed by atoms with Gasteiger partial charge >= 0.3 is 0 Å². The minimum absolute atomic E-state index is 0.334. The van der Waals surface area contributed by atoms with E-state index in [1.54, 1.807) is 6.33 Å². The van der Waals surface area contributed by atoms with Crippen LogP contribution in [0.2, 0.25) is 0 Å². The third-order valence-corrected chi connectivity index (χ3v) is 2.15. The molecule has 3 nitrogen and oxygen atoms in total. The van der Waals surface area contributed by atoms with E-state index < -0.39 is 0 Å². The van der Waals surface area contributed by atoms with Crippen LogP contribution in [0.4, 0.5) is 0 Å². The number of aryl methyl sites for hydroxylation is 2. The third kappa shape index (κ3) is 0.964. The van der Waals surface area contributed by atoms with Gasteiger partial charge in [0.25, 0.3) is 0 Å². The van der Waals surface area contributed by atoms with Crippen LogP contribution < -0.4 is 0 Å². The van der Waals surface area contributed by atoms with Crippen LogP contribution in [0.1, 0.15) is 17.8 Å². The van der Waals surface area contributed by atoms with Gasteiger partial charge in [-0.15, -0.1) is 0 Å². The van der Waals surface area contributed by atoms with Crippen molar-refractivity contribution >= 4 is 5.78 Å². The summed E-state index contributed by atoms with van der Waals surface area (Å²) in [4.78, 5) is 15.2. The summed E-state index contributed by atoms with van der Waals surface area (Å²) in [5.41, 5.74) is 2.20. The Hall–Kier alpha value is -1.12.